The predicted molar refractivity (Wildman–Crippen MR) is 130 cm³/mol. The number of hydrogen-bond donors (Lipinski definition) is 3. The van der Waals surface area contributed by atoms with Crippen LogP contribution in [-0.4, -0.2) is 57.1 Å². The monoisotopic (exact) mass is 519 g/mol. The largest absolute Gasteiger partial charge is 0.493 e. The van der Waals surface area contributed by atoms with E-state index in [0.717, 1.165) is 50.7 Å². The summed E-state index contributed by atoms with van der Waals surface area (Å²) < 4.78 is 11.5. The Morgan fingerprint density at radius 2 is 2.07 bits per heavy atom. The van der Waals surface area contributed by atoms with Crippen molar-refractivity contribution < 1.29 is 14.6 Å². The Hall–Kier alpha value is -1.06. The van der Waals surface area contributed by atoms with E-state index < -0.39 is 0 Å². The molecule has 1 aliphatic rings. The van der Waals surface area contributed by atoms with Gasteiger partial charge in [-0.15, -0.1) is 24.0 Å². The quantitative estimate of drug-likeness (QED) is 0.191. The molecule has 1 fully saturated rings. The van der Waals surface area contributed by atoms with Crippen LogP contribution >= 0.6 is 24.0 Å². The van der Waals surface area contributed by atoms with E-state index >= 15 is 0 Å². The van der Waals surface area contributed by atoms with Gasteiger partial charge < -0.3 is 25.2 Å². The average Bonchev–Trinajstić information content (AvgIpc) is 3.12. The van der Waals surface area contributed by atoms with Crippen LogP contribution in [0.25, 0.3) is 0 Å². The molecule has 0 spiro atoms. The highest BCUT2D eigenvalue weighted by Crippen LogP contribution is 2.32. The van der Waals surface area contributed by atoms with Gasteiger partial charge in [-0.1, -0.05) is 6.07 Å². The van der Waals surface area contributed by atoms with Gasteiger partial charge in [0.25, 0.3) is 0 Å². The molecule has 29 heavy (non-hydrogen) atoms. The zero-order valence-corrected chi connectivity index (χ0v) is 20.7. The predicted octanol–water partition coefficient (Wildman–Crippen LogP) is 3.34. The van der Waals surface area contributed by atoms with E-state index in [0.29, 0.717) is 19.8 Å². The number of nitrogens with zero attached hydrogens (tertiary/aromatic N) is 1. The van der Waals surface area contributed by atoms with Gasteiger partial charge in [0.1, 0.15) is 5.75 Å². The standard InChI is InChI=1S/C22H37N3O3.HI/c1-5-23-21(25-15-22(7-10-26)8-12-27-16-22)24-9-6-11-28-20-14-17(2)13-18(3)19(20)4;/h13-14,26H,5-12,15-16H2,1-4H3,(H2,23,24,25);1H. The van der Waals surface area contributed by atoms with Crippen molar-refractivity contribution in [2.24, 2.45) is 10.4 Å². The first-order chi connectivity index (χ1) is 13.5. The Morgan fingerprint density at radius 3 is 2.72 bits per heavy atom. The van der Waals surface area contributed by atoms with Crippen LogP contribution in [0.2, 0.25) is 0 Å². The fourth-order valence-electron chi connectivity index (χ4n) is 3.49. The highest BCUT2D eigenvalue weighted by molar-refractivity contribution is 14.0. The van der Waals surface area contributed by atoms with Crippen molar-refractivity contribution in [1.82, 2.24) is 10.6 Å². The number of aliphatic hydroxyl groups excluding tert-OH is 1. The summed E-state index contributed by atoms with van der Waals surface area (Å²) in [6.07, 6.45) is 2.58. The van der Waals surface area contributed by atoms with E-state index in [2.05, 4.69) is 50.5 Å². The summed E-state index contributed by atoms with van der Waals surface area (Å²) in [4.78, 5) is 4.74. The summed E-state index contributed by atoms with van der Waals surface area (Å²) in [6.45, 7) is 12.9. The number of guanidine groups is 1. The minimum absolute atomic E-state index is 0. The maximum absolute atomic E-state index is 9.36. The molecule has 0 aliphatic carbocycles. The van der Waals surface area contributed by atoms with Gasteiger partial charge in [0.2, 0.25) is 0 Å². The molecule has 0 radical (unpaired) electrons. The third-order valence-electron chi connectivity index (χ3n) is 5.38. The highest BCUT2D eigenvalue weighted by Gasteiger charge is 2.34. The van der Waals surface area contributed by atoms with Crippen LogP contribution in [-0.2, 0) is 4.74 Å². The summed E-state index contributed by atoms with van der Waals surface area (Å²) in [7, 11) is 0. The van der Waals surface area contributed by atoms with Gasteiger partial charge in [0.05, 0.1) is 19.8 Å². The molecule has 1 saturated heterocycles. The molecule has 0 saturated carbocycles. The number of aryl methyl sites for hydroxylation is 2. The SMILES string of the molecule is CCNC(=NCC1(CCO)CCOC1)NCCCOc1cc(C)cc(C)c1C.I. The third-order valence-corrected chi connectivity index (χ3v) is 5.38. The third kappa shape index (κ3) is 8.30. The molecule has 0 bridgehead atoms. The number of hydrogen-bond acceptors (Lipinski definition) is 4. The zero-order valence-electron chi connectivity index (χ0n) is 18.3. The highest BCUT2D eigenvalue weighted by atomic mass is 127. The van der Waals surface area contributed by atoms with Crippen LogP contribution in [0, 0.1) is 26.2 Å². The molecular formula is C22H38IN3O3. The van der Waals surface area contributed by atoms with E-state index in [1.165, 1.54) is 16.7 Å². The second kappa shape index (κ2) is 13.3. The molecule has 1 aromatic rings. The number of rotatable bonds is 10. The summed E-state index contributed by atoms with van der Waals surface area (Å²) in [5.74, 6) is 1.79. The molecule has 1 unspecified atom stereocenters. The lowest BCUT2D eigenvalue weighted by Crippen LogP contribution is -2.39. The molecule has 166 valence electrons. The molecule has 6 nitrogen and oxygen atoms in total. The van der Waals surface area contributed by atoms with Gasteiger partial charge in [-0.3, -0.25) is 4.99 Å². The Labute approximate surface area is 192 Å². The van der Waals surface area contributed by atoms with Crippen molar-refractivity contribution in [3.05, 3.63) is 28.8 Å². The molecule has 0 amide bonds. The van der Waals surface area contributed by atoms with Crippen LogP contribution in [0.1, 0.15) is 42.9 Å². The van der Waals surface area contributed by atoms with Crippen LogP contribution in [0.4, 0.5) is 0 Å². The second-order valence-electron chi connectivity index (χ2n) is 7.81. The first kappa shape index (κ1) is 26.0. The first-order valence-corrected chi connectivity index (χ1v) is 10.4. The van der Waals surface area contributed by atoms with Crippen LogP contribution < -0.4 is 15.4 Å². The summed E-state index contributed by atoms with van der Waals surface area (Å²) in [5.41, 5.74) is 3.68. The minimum Gasteiger partial charge on any atom is -0.493 e. The Kier molecular flexibility index (Phi) is 11.9. The number of benzene rings is 1. The Balaban J connectivity index is 0.00000420. The fraction of sp³-hybridized carbons (Fsp3) is 0.682. The van der Waals surface area contributed by atoms with E-state index in [1.54, 1.807) is 0 Å². The zero-order chi connectivity index (χ0) is 20.4. The maximum atomic E-state index is 9.36. The van der Waals surface area contributed by atoms with E-state index in [4.69, 9.17) is 14.5 Å². The summed E-state index contributed by atoms with van der Waals surface area (Å²) >= 11 is 0. The minimum atomic E-state index is -0.0270. The second-order valence-corrected chi connectivity index (χ2v) is 7.81. The molecular weight excluding hydrogens is 481 g/mol. The van der Waals surface area contributed by atoms with Crippen LogP contribution in [0.15, 0.2) is 17.1 Å². The smallest absolute Gasteiger partial charge is 0.191 e. The number of ether oxygens (including phenoxy) is 2. The molecule has 1 aromatic carbocycles. The number of halogens is 1. The lowest BCUT2D eigenvalue weighted by atomic mass is 9.84. The van der Waals surface area contributed by atoms with Gasteiger partial charge in [-0.2, -0.15) is 0 Å². The molecule has 1 atom stereocenters. The number of aliphatic imine (C=N–C) groups is 1. The Morgan fingerprint density at radius 1 is 1.28 bits per heavy atom. The number of nitrogens with one attached hydrogen (secondary N) is 2. The van der Waals surface area contributed by atoms with Gasteiger partial charge in [-0.25, -0.2) is 0 Å². The van der Waals surface area contributed by atoms with Crippen molar-refractivity contribution in [2.75, 3.05) is 46.1 Å². The van der Waals surface area contributed by atoms with Gasteiger partial charge in [0, 0.05) is 31.7 Å². The topological polar surface area (TPSA) is 75.1 Å². The maximum Gasteiger partial charge on any atom is 0.191 e. The first-order valence-electron chi connectivity index (χ1n) is 10.4. The van der Waals surface area contributed by atoms with E-state index in [-0.39, 0.29) is 36.0 Å². The van der Waals surface area contributed by atoms with Crippen LogP contribution in [0.5, 0.6) is 5.75 Å². The molecule has 1 aliphatic heterocycles. The van der Waals surface area contributed by atoms with Crippen molar-refractivity contribution in [2.45, 2.75) is 47.0 Å². The van der Waals surface area contributed by atoms with Crippen molar-refractivity contribution in [1.29, 1.82) is 0 Å². The lowest BCUT2D eigenvalue weighted by molar-refractivity contribution is 0.131. The van der Waals surface area contributed by atoms with Gasteiger partial charge in [0.15, 0.2) is 5.96 Å². The molecule has 3 N–H and O–H groups in total. The number of aliphatic hydroxyl groups is 1. The fourth-order valence-corrected chi connectivity index (χ4v) is 3.49. The Bertz CT molecular complexity index is 646. The molecule has 1 heterocycles. The summed E-state index contributed by atoms with van der Waals surface area (Å²) in [6, 6.07) is 4.29. The summed E-state index contributed by atoms with van der Waals surface area (Å²) in [5, 5.41) is 16.0. The van der Waals surface area contributed by atoms with Crippen LogP contribution in [0.3, 0.4) is 0 Å². The van der Waals surface area contributed by atoms with E-state index in [1.807, 2.05) is 0 Å². The van der Waals surface area contributed by atoms with Crippen molar-refractivity contribution in [3.8, 4) is 5.75 Å². The molecule has 7 heteroatoms. The lowest BCUT2D eigenvalue weighted by Gasteiger charge is -2.24. The van der Waals surface area contributed by atoms with Crippen molar-refractivity contribution >= 4 is 29.9 Å². The van der Waals surface area contributed by atoms with Gasteiger partial charge >= 0.3 is 0 Å². The molecule has 0 aromatic heterocycles. The van der Waals surface area contributed by atoms with Gasteiger partial charge in [-0.05, 0) is 69.7 Å². The molecule has 2 rings (SSSR count). The van der Waals surface area contributed by atoms with E-state index in [9.17, 15) is 5.11 Å². The average molecular weight is 519 g/mol. The normalized spacial score (nSPS) is 19.0. The van der Waals surface area contributed by atoms with Crippen molar-refractivity contribution in [3.63, 3.8) is 0 Å².